The number of hydrogen-bond donors (Lipinski definition) is 27. The van der Waals surface area contributed by atoms with E-state index in [1.54, 1.807) is 55.4 Å². The molecule has 0 amide bonds. The lowest BCUT2D eigenvalue weighted by Gasteiger charge is -2.61. The second kappa shape index (κ2) is 69.4. The molecule has 0 aliphatic heterocycles. The van der Waals surface area contributed by atoms with Gasteiger partial charge in [0.15, 0.2) is 11.2 Å². The number of benzene rings is 8. The van der Waals surface area contributed by atoms with Gasteiger partial charge in [0, 0.05) is 11.1 Å². The molecular formula is C78H120O33P6. The monoisotopic (exact) mass is 1770 g/mol. The fourth-order valence-electron chi connectivity index (χ4n) is 10.2. The molecule has 0 heterocycles. The maximum Gasteiger partial charge on any atom is 0.324 e. The van der Waals surface area contributed by atoms with Crippen LogP contribution in [0.25, 0.3) is 0 Å². The van der Waals surface area contributed by atoms with Crippen LogP contribution in [0.2, 0.25) is 0 Å². The van der Waals surface area contributed by atoms with Gasteiger partial charge in [0.05, 0.1) is 113 Å². The van der Waals surface area contributed by atoms with Gasteiger partial charge in [-0.15, -0.1) is 0 Å². The van der Waals surface area contributed by atoms with Crippen molar-refractivity contribution >= 4 is 51.6 Å². The Balaban J connectivity index is -0.00000174. The summed E-state index contributed by atoms with van der Waals surface area (Å²) in [6.07, 6.45) is -4.24. The van der Waals surface area contributed by atoms with E-state index in [4.69, 9.17) is 157 Å². The SMILES string of the molecule is CC(O)C(OC(c1ccccc1)(C(Oc1ccccc1)(c1ccccc1)c1ccccc1)C(c1ccccc1)(c1ccccc1)c1ccccc1)c1ccccc1.CC(O)COC(C)CO.CC(O)COC(C)CO.CC(O)COC(C)CO.CC(O)COC(C)CO.OP(O)O.OP(O)O.OP(O)O.OP(O)O.OP(O)O.OP(O)O. The van der Waals surface area contributed by atoms with E-state index in [1.165, 1.54) is 0 Å². The number of rotatable bonds is 30. The third kappa shape index (κ3) is 52.1. The minimum absolute atomic E-state index is 0.00667. The molecule has 0 radical (unpaired) electrons. The molecule has 27 N–H and O–H groups in total. The quantitative estimate of drug-likeness (QED) is 0.0174. The summed E-state index contributed by atoms with van der Waals surface area (Å²) in [7, 11) is -15.7. The van der Waals surface area contributed by atoms with E-state index < -0.39 is 105 Å². The maximum atomic E-state index is 12.2. The molecule has 11 unspecified atom stereocenters. The highest BCUT2D eigenvalue weighted by Gasteiger charge is 2.71. The van der Waals surface area contributed by atoms with Crippen molar-refractivity contribution in [3.63, 3.8) is 0 Å². The van der Waals surface area contributed by atoms with Crippen LogP contribution in [0.3, 0.4) is 0 Å². The van der Waals surface area contributed by atoms with Gasteiger partial charge in [-0.2, -0.15) is 0 Å². The van der Waals surface area contributed by atoms with Gasteiger partial charge in [-0.1, -0.05) is 231 Å². The summed E-state index contributed by atoms with van der Waals surface area (Å²) in [4.78, 5) is 130. The molecule has 0 aliphatic rings. The average Bonchev–Trinajstić information content (AvgIpc) is 0.666. The van der Waals surface area contributed by atoms with Gasteiger partial charge in [-0.3, -0.25) is 0 Å². The number of hydrogen-bond acceptors (Lipinski definition) is 33. The molecule has 8 rings (SSSR count). The summed E-state index contributed by atoms with van der Waals surface area (Å²) in [5, 5.41) is 80.7. The van der Waals surface area contributed by atoms with Crippen molar-refractivity contribution in [2.75, 3.05) is 52.9 Å². The summed E-state index contributed by atoms with van der Waals surface area (Å²) in [6, 6.07) is 83.4. The summed E-state index contributed by atoms with van der Waals surface area (Å²) >= 11 is 0. The van der Waals surface area contributed by atoms with E-state index in [9.17, 15) is 5.11 Å². The first kappa shape index (κ1) is 116. The molecule has 0 saturated carbocycles. The van der Waals surface area contributed by atoms with Crippen LogP contribution in [0.4, 0.5) is 0 Å². The van der Waals surface area contributed by atoms with Crippen molar-refractivity contribution in [3.05, 3.63) is 282 Å². The zero-order valence-corrected chi connectivity index (χ0v) is 71.6. The van der Waals surface area contributed by atoms with E-state index in [-0.39, 0.29) is 50.8 Å². The summed E-state index contributed by atoms with van der Waals surface area (Å²) in [5.74, 6) is 0.658. The molecule has 0 aliphatic carbocycles. The molecule has 8 aromatic rings. The van der Waals surface area contributed by atoms with Crippen LogP contribution in [0, 0.1) is 0 Å². The molecule has 0 spiro atoms. The molecule has 0 saturated heterocycles. The van der Waals surface area contributed by atoms with E-state index in [0.29, 0.717) is 32.2 Å². The van der Waals surface area contributed by atoms with Crippen molar-refractivity contribution in [3.8, 4) is 5.75 Å². The summed E-state index contributed by atoms with van der Waals surface area (Å²) in [5.41, 5.74) is 2.12. The Morgan fingerprint density at radius 1 is 0.265 bits per heavy atom. The molecule has 660 valence electrons. The van der Waals surface area contributed by atoms with Crippen LogP contribution in [-0.2, 0) is 40.3 Å². The van der Waals surface area contributed by atoms with E-state index in [0.717, 1.165) is 38.9 Å². The predicted molar refractivity (Wildman–Crippen MR) is 448 cm³/mol. The normalized spacial score (nSPS) is 13.9. The minimum atomic E-state index is -2.62. The Kier molecular flexibility index (Phi) is 68.8. The van der Waals surface area contributed by atoms with E-state index in [1.807, 2.05) is 85.8 Å². The van der Waals surface area contributed by atoms with Gasteiger partial charge in [0.2, 0.25) is 0 Å². The van der Waals surface area contributed by atoms with Crippen LogP contribution >= 0.6 is 51.6 Å². The van der Waals surface area contributed by atoms with Crippen molar-refractivity contribution in [2.45, 2.75) is 140 Å². The van der Waals surface area contributed by atoms with Crippen molar-refractivity contribution in [2.24, 2.45) is 0 Å². The number of aliphatic hydroxyl groups is 9. The topological polar surface area (TPSA) is 602 Å². The smallest absolute Gasteiger partial charge is 0.324 e. The van der Waals surface area contributed by atoms with Crippen LogP contribution in [-0.4, -0.2) is 242 Å². The average molecular weight is 1770 g/mol. The first-order valence-electron chi connectivity index (χ1n) is 35.5. The van der Waals surface area contributed by atoms with Crippen LogP contribution < -0.4 is 4.74 Å². The van der Waals surface area contributed by atoms with Crippen LogP contribution in [0.5, 0.6) is 5.75 Å². The van der Waals surface area contributed by atoms with Gasteiger partial charge in [0.25, 0.3) is 0 Å². The van der Waals surface area contributed by atoms with Crippen LogP contribution in [0.1, 0.15) is 107 Å². The molecule has 0 bridgehead atoms. The highest BCUT2D eigenvalue weighted by Crippen LogP contribution is 2.66. The lowest BCUT2D eigenvalue weighted by atomic mass is 9.49. The number of aliphatic hydroxyl groups excluding tert-OH is 9. The molecule has 39 heteroatoms. The standard InChI is InChI=1S/C54H46O3.4C6H14O3.6H3O3P/c1-42(55)51(43-26-10-2-11-27-43)57-54(49-38-22-8-23-39-49,52(44-28-12-3-13-29-44,45-30-14-4-15-31-45)46-32-16-5-17-33-46)53(47-34-18-6-19-35-47,48-36-20-7-21-37-48)56-50-40-24-9-25-41-50;4*1-5(8)4-9-6(2)3-7;6*1-4(2)3/h2-42,51,55H,1H3;4*5-8H,3-4H2,1-2H3;6*1-3H. The third-order valence-electron chi connectivity index (χ3n) is 14.6. The van der Waals surface area contributed by atoms with Gasteiger partial charge in [0.1, 0.15) is 11.9 Å². The first-order valence-corrected chi connectivity index (χ1v) is 42.7. The molecule has 0 fully saturated rings. The van der Waals surface area contributed by atoms with Crippen molar-refractivity contribution < 1.29 is 162 Å². The summed E-state index contributed by atoms with van der Waals surface area (Å²) in [6.45, 7) is 16.6. The highest BCUT2D eigenvalue weighted by atomic mass is 31.2. The van der Waals surface area contributed by atoms with Crippen LogP contribution in [0.15, 0.2) is 243 Å². The van der Waals surface area contributed by atoms with Gasteiger partial charge >= 0.3 is 51.6 Å². The zero-order chi connectivity index (χ0) is 89.5. The molecule has 8 aromatic carbocycles. The maximum absolute atomic E-state index is 12.2. The van der Waals surface area contributed by atoms with Gasteiger partial charge < -0.3 is 162 Å². The fourth-order valence-corrected chi connectivity index (χ4v) is 10.2. The molecular weight excluding hydrogens is 1650 g/mol. The van der Waals surface area contributed by atoms with E-state index >= 15 is 0 Å². The molecule has 0 aromatic heterocycles. The second-order valence-corrected chi connectivity index (χ2v) is 27.9. The minimum Gasteiger partial charge on any atom is -0.474 e. The Hall–Kier alpha value is -5.14. The fraction of sp³-hybridized carbons (Fsp3) is 0.385. The lowest BCUT2D eigenvalue weighted by Crippen LogP contribution is -2.67. The second-order valence-electron chi connectivity index (χ2n) is 24.7. The van der Waals surface area contributed by atoms with Gasteiger partial charge in [-0.05, 0) is 102 Å². The Morgan fingerprint density at radius 3 is 0.650 bits per heavy atom. The lowest BCUT2D eigenvalue weighted by molar-refractivity contribution is -0.236. The number of ether oxygens (including phenoxy) is 6. The van der Waals surface area contributed by atoms with Crippen molar-refractivity contribution in [1.29, 1.82) is 0 Å². The van der Waals surface area contributed by atoms with E-state index in [2.05, 4.69) is 164 Å². The van der Waals surface area contributed by atoms with Crippen molar-refractivity contribution in [1.82, 2.24) is 0 Å². The van der Waals surface area contributed by atoms with Gasteiger partial charge in [-0.25, -0.2) is 0 Å². The number of para-hydroxylation sites is 1. The summed E-state index contributed by atoms with van der Waals surface area (Å²) < 4.78 is 36.2. The Bertz CT molecular complexity index is 3210. The molecule has 117 heavy (non-hydrogen) atoms. The first-order chi connectivity index (χ1) is 55.2. The highest BCUT2D eigenvalue weighted by molar-refractivity contribution is 7.39. The zero-order valence-electron chi connectivity index (χ0n) is 66.2. The Morgan fingerprint density at radius 2 is 0.453 bits per heavy atom. The predicted octanol–water partition coefficient (Wildman–Crippen LogP) is 6.28. The largest absolute Gasteiger partial charge is 0.474 e. The third-order valence-corrected chi connectivity index (χ3v) is 14.6. The molecule has 11 atom stereocenters. The molecule has 33 nitrogen and oxygen atoms in total. The Labute approximate surface area is 691 Å².